The number of unbranched alkanes of at least 4 members (excludes halogenated alkanes) is 1. The van der Waals surface area contributed by atoms with Crippen LogP contribution in [0.5, 0.6) is 0 Å². The summed E-state index contributed by atoms with van der Waals surface area (Å²) < 4.78 is 18.7. The van der Waals surface area contributed by atoms with E-state index < -0.39 is 5.79 Å². The molecule has 0 amide bonds. The molecule has 4 aliphatic heterocycles. The van der Waals surface area contributed by atoms with Crippen LogP contribution >= 0.6 is 0 Å². The van der Waals surface area contributed by atoms with Crippen molar-refractivity contribution >= 4 is 24.8 Å². The van der Waals surface area contributed by atoms with Crippen molar-refractivity contribution in [3.05, 3.63) is 0 Å². The maximum absolute atomic E-state index is 10.6. The molecule has 2 N–H and O–H groups in total. The first-order chi connectivity index (χ1) is 13.4. The smallest absolute Gasteiger partial charge is 0.164 e. The van der Waals surface area contributed by atoms with E-state index in [4.69, 9.17) is 19.9 Å². The molecule has 0 aliphatic carbocycles. The second-order valence-corrected chi connectivity index (χ2v) is 8.09. The number of hydrogen-bond donors (Lipinski definition) is 1. The van der Waals surface area contributed by atoms with Crippen LogP contribution in [0.4, 0.5) is 0 Å². The molecule has 0 aromatic rings. The van der Waals surface area contributed by atoms with E-state index in [2.05, 4.69) is 19.9 Å². The zero-order chi connectivity index (χ0) is 19.9. The van der Waals surface area contributed by atoms with Crippen LogP contribution < -0.4 is 5.73 Å². The molecule has 4 heterocycles. The molecule has 0 aromatic heterocycles. The molecule has 10 nitrogen and oxygen atoms in total. The minimum atomic E-state index is -0.682. The molecule has 0 spiro atoms. The number of carbonyl (C=O) groups excluding carboxylic acids is 1. The first-order valence-electron chi connectivity index (χ1n) is 9.68. The molecule has 0 radical (unpaired) electrons. The Balaban J connectivity index is 1.48. The molecule has 0 aromatic carbocycles. The van der Waals surface area contributed by atoms with E-state index in [1.165, 1.54) is 6.34 Å². The third kappa shape index (κ3) is 3.57. The molecule has 4 aliphatic rings. The van der Waals surface area contributed by atoms with Gasteiger partial charge in [-0.05, 0) is 33.9 Å². The first kappa shape index (κ1) is 19.4. The Hall–Kier alpha value is -1.88. The number of hydrogen-bond acceptors (Lipinski definition) is 10. The van der Waals surface area contributed by atoms with Crippen LogP contribution in [0.15, 0.2) is 15.0 Å². The summed E-state index contributed by atoms with van der Waals surface area (Å²) >= 11 is 0. The van der Waals surface area contributed by atoms with Crippen molar-refractivity contribution in [3.63, 3.8) is 0 Å². The van der Waals surface area contributed by atoms with Gasteiger partial charge in [-0.3, -0.25) is 4.99 Å². The lowest BCUT2D eigenvalue weighted by Crippen LogP contribution is -2.51. The minimum Gasteiger partial charge on any atom is -0.385 e. The Morgan fingerprint density at radius 3 is 2.89 bits per heavy atom. The number of aldehydes is 1. The maximum Gasteiger partial charge on any atom is 0.164 e. The summed E-state index contributed by atoms with van der Waals surface area (Å²) in [6.45, 7) is 5.33. The number of nitrogens with zero attached hydrogens (tertiary/aromatic N) is 5. The Morgan fingerprint density at radius 2 is 2.11 bits per heavy atom. The van der Waals surface area contributed by atoms with Gasteiger partial charge in [-0.15, -0.1) is 0 Å². The molecular formula is C18H28N6O4. The molecule has 154 valence electrons. The molecule has 0 bridgehead atoms. The van der Waals surface area contributed by atoms with Crippen LogP contribution in [0.3, 0.4) is 0 Å². The van der Waals surface area contributed by atoms with Gasteiger partial charge in [-0.1, -0.05) is 0 Å². The quantitative estimate of drug-likeness (QED) is 0.462. The van der Waals surface area contributed by atoms with Gasteiger partial charge in [0.1, 0.15) is 42.8 Å². The van der Waals surface area contributed by atoms with Gasteiger partial charge in [-0.2, -0.15) is 0 Å². The standard InChI is InChI=1S/C18H28N6O4/c1-18(2)27-13-11(8-23(3)6-4-5-7-25)26-17(14(13)28-18)24-10-22-12-15(19)20-9-21-16(12)24/h7,9-14,16-17H,4-6,8H2,1-3H3,(H2,19,20,21)/t11?,12?,13-,14?,16?,17?/m1/s1. The number of aliphatic imine (C=N–C) groups is 3. The van der Waals surface area contributed by atoms with E-state index in [0.717, 1.165) is 19.3 Å². The zero-order valence-electron chi connectivity index (χ0n) is 16.5. The van der Waals surface area contributed by atoms with Crippen molar-refractivity contribution in [1.82, 2.24) is 9.80 Å². The third-order valence-electron chi connectivity index (χ3n) is 5.45. The highest BCUT2D eigenvalue weighted by atomic mass is 16.8. The highest BCUT2D eigenvalue weighted by Gasteiger charge is 2.58. The van der Waals surface area contributed by atoms with Crippen molar-refractivity contribution in [2.75, 3.05) is 20.1 Å². The van der Waals surface area contributed by atoms with Crippen molar-refractivity contribution in [1.29, 1.82) is 0 Å². The van der Waals surface area contributed by atoms with Gasteiger partial charge in [0.25, 0.3) is 0 Å². The number of amidine groups is 1. The number of carbonyl (C=O) groups is 1. The van der Waals surface area contributed by atoms with Gasteiger partial charge in [0.05, 0.1) is 6.34 Å². The fourth-order valence-corrected chi connectivity index (χ4v) is 4.19. The van der Waals surface area contributed by atoms with Crippen LogP contribution in [-0.4, -0.2) is 97.3 Å². The predicted octanol–water partition coefficient (Wildman–Crippen LogP) is -0.420. The monoisotopic (exact) mass is 392 g/mol. The maximum atomic E-state index is 10.6. The summed E-state index contributed by atoms with van der Waals surface area (Å²) in [5, 5.41) is 0. The Bertz CT molecular complexity index is 696. The van der Waals surface area contributed by atoms with E-state index in [9.17, 15) is 4.79 Å². The summed E-state index contributed by atoms with van der Waals surface area (Å²) in [4.78, 5) is 27.6. The van der Waals surface area contributed by atoms with Crippen molar-refractivity contribution in [2.24, 2.45) is 20.7 Å². The first-order valence-corrected chi connectivity index (χ1v) is 9.68. The van der Waals surface area contributed by atoms with Gasteiger partial charge >= 0.3 is 0 Å². The zero-order valence-corrected chi connectivity index (χ0v) is 16.5. The van der Waals surface area contributed by atoms with Gasteiger partial charge in [0.2, 0.25) is 0 Å². The predicted molar refractivity (Wildman–Crippen MR) is 103 cm³/mol. The highest BCUT2D eigenvalue weighted by Crippen LogP contribution is 2.41. The van der Waals surface area contributed by atoms with Crippen molar-refractivity contribution < 1.29 is 19.0 Å². The fourth-order valence-electron chi connectivity index (χ4n) is 4.19. The Labute approximate surface area is 164 Å². The molecule has 10 heteroatoms. The number of fused-ring (bicyclic) bond motifs is 2. The highest BCUT2D eigenvalue weighted by molar-refractivity contribution is 5.96. The lowest BCUT2D eigenvalue weighted by atomic mass is 10.1. The molecule has 2 fully saturated rings. The van der Waals surface area contributed by atoms with E-state index in [-0.39, 0.29) is 36.7 Å². The largest absolute Gasteiger partial charge is 0.385 e. The van der Waals surface area contributed by atoms with E-state index in [1.807, 2.05) is 25.8 Å². The summed E-state index contributed by atoms with van der Waals surface area (Å²) in [6, 6.07) is -0.299. The number of nitrogens with two attached hydrogens (primary N) is 1. The number of rotatable bonds is 7. The van der Waals surface area contributed by atoms with Crippen molar-refractivity contribution in [3.8, 4) is 0 Å². The van der Waals surface area contributed by atoms with Crippen LogP contribution in [-0.2, 0) is 19.0 Å². The molecule has 6 atom stereocenters. The molecule has 28 heavy (non-hydrogen) atoms. The van der Waals surface area contributed by atoms with Crippen LogP contribution in [0.1, 0.15) is 26.7 Å². The average Bonchev–Trinajstić information content (AvgIpc) is 3.28. The molecule has 5 unspecified atom stereocenters. The Morgan fingerprint density at radius 1 is 1.32 bits per heavy atom. The normalized spacial score (nSPS) is 38.0. The lowest BCUT2D eigenvalue weighted by Gasteiger charge is -2.33. The summed E-state index contributed by atoms with van der Waals surface area (Å²) in [6.07, 6.45) is 4.26. The van der Waals surface area contributed by atoms with E-state index in [0.29, 0.717) is 18.8 Å². The van der Waals surface area contributed by atoms with Gasteiger partial charge < -0.3 is 34.5 Å². The SMILES string of the molecule is CN(CCCC=O)CC1OC(N2C=NC3C(N)=NC=NC32)C2OC(C)(C)O[C@H]12. The number of ether oxygens (including phenoxy) is 3. The molecule has 0 saturated carbocycles. The molecular weight excluding hydrogens is 364 g/mol. The van der Waals surface area contributed by atoms with Gasteiger partial charge in [-0.25, -0.2) is 9.98 Å². The lowest BCUT2D eigenvalue weighted by molar-refractivity contribution is -0.202. The molecule has 4 rings (SSSR count). The van der Waals surface area contributed by atoms with E-state index >= 15 is 0 Å². The van der Waals surface area contributed by atoms with Gasteiger partial charge in [0.15, 0.2) is 18.2 Å². The fraction of sp³-hybridized carbons (Fsp3) is 0.778. The Kier molecular flexibility index (Phi) is 5.21. The second kappa shape index (κ2) is 7.51. The minimum absolute atomic E-state index is 0.163. The third-order valence-corrected chi connectivity index (χ3v) is 5.45. The van der Waals surface area contributed by atoms with Gasteiger partial charge in [0, 0.05) is 13.0 Å². The molecule has 2 saturated heterocycles. The van der Waals surface area contributed by atoms with Crippen molar-refractivity contribution in [2.45, 2.75) is 69.2 Å². The summed E-state index contributed by atoms with van der Waals surface area (Å²) in [5.41, 5.74) is 5.97. The van der Waals surface area contributed by atoms with Crippen LogP contribution in [0.25, 0.3) is 0 Å². The summed E-state index contributed by atoms with van der Waals surface area (Å²) in [7, 11) is 2.02. The summed E-state index contributed by atoms with van der Waals surface area (Å²) in [5.74, 6) is -0.234. The van der Waals surface area contributed by atoms with Crippen LogP contribution in [0.2, 0.25) is 0 Å². The average molecular weight is 392 g/mol. The second-order valence-electron chi connectivity index (χ2n) is 8.09. The number of likely N-dealkylation sites (N-methyl/N-ethyl adjacent to an activating group) is 1. The topological polar surface area (TPSA) is 114 Å². The van der Waals surface area contributed by atoms with Crippen LogP contribution in [0, 0.1) is 0 Å². The van der Waals surface area contributed by atoms with E-state index in [1.54, 1.807) is 6.34 Å².